The van der Waals surface area contributed by atoms with Crippen molar-refractivity contribution in [1.29, 1.82) is 0 Å². The highest BCUT2D eigenvalue weighted by molar-refractivity contribution is 5.92. The number of halogens is 1. The monoisotopic (exact) mass is 373 g/mol. The first-order valence-electron chi connectivity index (χ1n) is 9.07. The third kappa shape index (κ3) is 5.48. The number of rotatable bonds is 5. The van der Waals surface area contributed by atoms with Crippen LogP contribution in [-0.2, 0) is 4.79 Å². The summed E-state index contributed by atoms with van der Waals surface area (Å²) in [5.74, 6) is 0.235. The van der Waals surface area contributed by atoms with Crippen molar-refractivity contribution >= 4 is 29.7 Å². The summed E-state index contributed by atoms with van der Waals surface area (Å²) in [7, 11) is 0. The van der Waals surface area contributed by atoms with Crippen LogP contribution in [0.15, 0.2) is 54.6 Å². The average Bonchev–Trinajstić information content (AvgIpc) is 2.64. The molecule has 0 saturated carbocycles. The van der Waals surface area contributed by atoms with Crippen molar-refractivity contribution in [2.24, 2.45) is 5.92 Å². The smallest absolute Gasteiger partial charge is 0.227 e. The van der Waals surface area contributed by atoms with Crippen molar-refractivity contribution in [2.75, 3.05) is 17.2 Å². The lowest BCUT2D eigenvalue weighted by atomic mass is 9.92. The van der Waals surface area contributed by atoms with Crippen LogP contribution in [0.1, 0.15) is 38.3 Å². The van der Waals surface area contributed by atoms with Crippen molar-refractivity contribution in [3.63, 3.8) is 0 Å². The second kappa shape index (κ2) is 9.60. The molecule has 1 saturated heterocycles. The Balaban J connectivity index is 0.00000243. The molecular formula is C21H28ClN3O. The predicted molar refractivity (Wildman–Crippen MR) is 111 cm³/mol. The van der Waals surface area contributed by atoms with Crippen LogP contribution in [-0.4, -0.2) is 18.5 Å². The topological polar surface area (TPSA) is 53.2 Å². The third-order valence-corrected chi connectivity index (χ3v) is 4.83. The number of hydrogen-bond donors (Lipinski definition) is 3. The molecule has 3 N–H and O–H groups in total. The van der Waals surface area contributed by atoms with Crippen LogP contribution in [0.3, 0.4) is 0 Å². The third-order valence-electron chi connectivity index (χ3n) is 4.83. The maximum Gasteiger partial charge on any atom is 0.227 e. The number of hydrogen-bond acceptors (Lipinski definition) is 3. The van der Waals surface area contributed by atoms with Crippen molar-refractivity contribution in [3.05, 3.63) is 60.2 Å². The van der Waals surface area contributed by atoms with Crippen LogP contribution in [0.25, 0.3) is 0 Å². The van der Waals surface area contributed by atoms with E-state index in [0.29, 0.717) is 6.04 Å². The minimum absolute atomic E-state index is 0. The molecule has 1 aliphatic heterocycles. The molecule has 1 heterocycles. The van der Waals surface area contributed by atoms with E-state index in [1.807, 2.05) is 42.5 Å². The van der Waals surface area contributed by atoms with Gasteiger partial charge in [-0.25, -0.2) is 0 Å². The average molecular weight is 374 g/mol. The molecule has 0 aliphatic carbocycles. The normalized spacial score (nSPS) is 20.5. The quantitative estimate of drug-likeness (QED) is 0.717. The van der Waals surface area contributed by atoms with Gasteiger partial charge in [-0.3, -0.25) is 4.79 Å². The zero-order valence-corrected chi connectivity index (χ0v) is 16.2. The van der Waals surface area contributed by atoms with Gasteiger partial charge in [-0.15, -0.1) is 12.4 Å². The highest BCUT2D eigenvalue weighted by Gasteiger charge is 2.24. The molecular weight excluding hydrogens is 346 g/mol. The van der Waals surface area contributed by atoms with Gasteiger partial charge >= 0.3 is 0 Å². The van der Waals surface area contributed by atoms with Gasteiger partial charge in [0.1, 0.15) is 0 Å². The summed E-state index contributed by atoms with van der Waals surface area (Å²) in [6, 6.07) is 19.0. The second-order valence-electron chi connectivity index (χ2n) is 6.92. The van der Waals surface area contributed by atoms with Crippen molar-refractivity contribution in [3.8, 4) is 0 Å². The van der Waals surface area contributed by atoms with Gasteiger partial charge in [-0.05, 0) is 63.1 Å². The first kappa shape index (κ1) is 20.3. The molecule has 5 heteroatoms. The second-order valence-corrected chi connectivity index (χ2v) is 6.92. The molecule has 26 heavy (non-hydrogen) atoms. The molecule has 3 rings (SSSR count). The highest BCUT2D eigenvalue weighted by Crippen LogP contribution is 2.22. The Bertz CT molecular complexity index is 690. The molecule has 1 unspecified atom stereocenters. The zero-order valence-electron chi connectivity index (χ0n) is 15.4. The van der Waals surface area contributed by atoms with E-state index in [2.05, 4.69) is 41.9 Å². The largest absolute Gasteiger partial charge is 0.379 e. The lowest BCUT2D eigenvalue weighted by molar-refractivity contribution is -0.120. The summed E-state index contributed by atoms with van der Waals surface area (Å²) in [6.07, 6.45) is 1.81. The van der Waals surface area contributed by atoms with Gasteiger partial charge in [0, 0.05) is 29.4 Å². The Morgan fingerprint density at radius 1 is 1.08 bits per heavy atom. The zero-order chi connectivity index (χ0) is 17.6. The van der Waals surface area contributed by atoms with Crippen LogP contribution in [0.2, 0.25) is 0 Å². The summed E-state index contributed by atoms with van der Waals surface area (Å²) in [5.41, 5.74) is 3.15. The molecule has 140 valence electrons. The fourth-order valence-corrected chi connectivity index (χ4v) is 3.34. The highest BCUT2D eigenvalue weighted by atomic mass is 35.5. The van der Waals surface area contributed by atoms with Crippen molar-refractivity contribution in [1.82, 2.24) is 5.32 Å². The maximum absolute atomic E-state index is 12.4. The Labute approximate surface area is 162 Å². The number of nitrogens with one attached hydrogen (secondary N) is 3. The molecule has 0 bridgehead atoms. The summed E-state index contributed by atoms with van der Waals surface area (Å²) in [5, 5.41) is 9.92. The van der Waals surface area contributed by atoms with E-state index in [0.717, 1.165) is 30.8 Å². The van der Waals surface area contributed by atoms with Gasteiger partial charge in [0.2, 0.25) is 5.91 Å². The molecule has 0 aromatic heterocycles. The number of carbonyl (C=O) groups excluding carboxylic acids is 1. The maximum atomic E-state index is 12.4. The van der Waals surface area contributed by atoms with Gasteiger partial charge in [0.25, 0.3) is 0 Å². The van der Waals surface area contributed by atoms with E-state index in [9.17, 15) is 4.79 Å². The van der Waals surface area contributed by atoms with E-state index in [1.54, 1.807) is 0 Å². The minimum atomic E-state index is 0. The van der Waals surface area contributed by atoms with Crippen LogP contribution in [0, 0.1) is 5.92 Å². The van der Waals surface area contributed by atoms with Crippen molar-refractivity contribution in [2.45, 2.75) is 38.8 Å². The van der Waals surface area contributed by atoms with Gasteiger partial charge in [0.15, 0.2) is 0 Å². The molecule has 1 fully saturated rings. The first-order chi connectivity index (χ1) is 12.1. The molecule has 0 radical (unpaired) electrons. The number of anilines is 2. The van der Waals surface area contributed by atoms with E-state index in [-0.39, 0.29) is 30.3 Å². The van der Waals surface area contributed by atoms with Crippen LogP contribution < -0.4 is 16.0 Å². The minimum Gasteiger partial charge on any atom is -0.379 e. The molecule has 2 aromatic carbocycles. The van der Waals surface area contributed by atoms with E-state index in [1.165, 1.54) is 5.56 Å². The molecule has 2 aromatic rings. The van der Waals surface area contributed by atoms with Gasteiger partial charge in [-0.2, -0.15) is 0 Å². The van der Waals surface area contributed by atoms with Gasteiger partial charge in [-0.1, -0.05) is 30.3 Å². The number of carbonyl (C=O) groups is 1. The number of piperidine rings is 1. The Kier molecular flexibility index (Phi) is 7.49. The number of benzene rings is 2. The lowest BCUT2D eigenvalue weighted by Gasteiger charge is -2.27. The Morgan fingerprint density at radius 3 is 2.38 bits per heavy atom. The van der Waals surface area contributed by atoms with Crippen molar-refractivity contribution < 1.29 is 4.79 Å². The fourth-order valence-electron chi connectivity index (χ4n) is 3.34. The first-order valence-corrected chi connectivity index (χ1v) is 9.07. The van der Waals surface area contributed by atoms with E-state index >= 15 is 0 Å². The fraction of sp³-hybridized carbons (Fsp3) is 0.381. The Hall–Kier alpha value is -2.04. The standard InChI is InChI=1S/C21H27N3O.ClH/c1-15-14-18(12-13-22-15)21(25)24-20-10-8-19(9-11-20)23-16(2)17-6-4-3-5-7-17;/h3-11,15-16,18,22-23H,12-14H2,1-2H3,(H,24,25);1H/t15-,16?,18-;/m0./s1. The van der Waals surface area contributed by atoms with Crippen LogP contribution in [0.5, 0.6) is 0 Å². The van der Waals surface area contributed by atoms with Crippen LogP contribution in [0.4, 0.5) is 11.4 Å². The summed E-state index contributed by atoms with van der Waals surface area (Å²) < 4.78 is 0. The molecule has 4 nitrogen and oxygen atoms in total. The van der Waals surface area contributed by atoms with E-state index in [4.69, 9.17) is 0 Å². The number of amides is 1. The summed E-state index contributed by atoms with van der Waals surface area (Å²) >= 11 is 0. The summed E-state index contributed by atoms with van der Waals surface area (Å²) in [6.45, 7) is 5.19. The molecule has 3 atom stereocenters. The van der Waals surface area contributed by atoms with E-state index < -0.39 is 0 Å². The molecule has 0 spiro atoms. The molecule has 1 amide bonds. The predicted octanol–water partition coefficient (Wildman–Crippen LogP) is 4.61. The van der Waals surface area contributed by atoms with Gasteiger partial charge < -0.3 is 16.0 Å². The summed E-state index contributed by atoms with van der Waals surface area (Å²) in [4.78, 5) is 12.4. The SMILES string of the molecule is CC(Nc1ccc(NC(=O)[C@H]2CCN[C@@H](C)C2)cc1)c1ccccc1.Cl. The Morgan fingerprint density at radius 2 is 1.73 bits per heavy atom. The lowest BCUT2D eigenvalue weighted by Crippen LogP contribution is -2.40. The molecule has 1 aliphatic rings. The van der Waals surface area contributed by atoms with Crippen LogP contribution >= 0.6 is 12.4 Å². The van der Waals surface area contributed by atoms with Gasteiger partial charge in [0.05, 0.1) is 0 Å².